The molecule has 1 aromatic rings. The van der Waals surface area contributed by atoms with Crippen LogP contribution in [0.5, 0.6) is 0 Å². The maximum Gasteiger partial charge on any atom is 0.254 e. The van der Waals surface area contributed by atoms with Gasteiger partial charge in [-0.05, 0) is 25.0 Å². The van der Waals surface area contributed by atoms with Gasteiger partial charge in [0.15, 0.2) is 0 Å². The van der Waals surface area contributed by atoms with Crippen LogP contribution in [0.15, 0.2) is 18.2 Å². The number of halogens is 2. The first-order valence-corrected chi connectivity index (χ1v) is 8.48. The van der Waals surface area contributed by atoms with Crippen molar-refractivity contribution in [3.05, 3.63) is 35.4 Å². The van der Waals surface area contributed by atoms with Crippen LogP contribution in [0, 0.1) is 11.6 Å². The topological polar surface area (TPSA) is 49.4 Å². The van der Waals surface area contributed by atoms with Crippen molar-refractivity contribution >= 4 is 11.8 Å². The smallest absolute Gasteiger partial charge is 0.254 e. The molecule has 1 aliphatic rings. The number of nitrogens with one attached hydrogen (secondary N) is 1. The van der Waals surface area contributed by atoms with Gasteiger partial charge in [-0.1, -0.05) is 25.7 Å². The summed E-state index contributed by atoms with van der Waals surface area (Å²) < 4.78 is 26.4. The van der Waals surface area contributed by atoms with Crippen LogP contribution < -0.4 is 5.32 Å². The molecule has 0 heterocycles. The predicted molar refractivity (Wildman–Crippen MR) is 87.6 cm³/mol. The third-order valence-electron chi connectivity index (χ3n) is 4.57. The Kier molecular flexibility index (Phi) is 6.70. The van der Waals surface area contributed by atoms with Gasteiger partial charge in [0.1, 0.15) is 11.6 Å². The first kappa shape index (κ1) is 18.4. The van der Waals surface area contributed by atoms with Crippen molar-refractivity contribution in [2.75, 3.05) is 13.6 Å². The van der Waals surface area contributed by atoms with E-state index in [0.29, 0.717) is 6.07 Å². The molecule has 1 aliphatic carbocycles. The molecule has 2 rings (SSSR count). The highest BCUT2D eigenvalue weighted by atomic mass is 19.1. The summed E-state index contributed by atoms with van der Waals surface area (Å²) in [5.41, 5.74) is -0.221. The van der Waals surface area contributed by atoms with E-state index in [0.717, 1.165) is 37.8 Å². The van der Waals surface area contributed by atoms with Crippen LogP contribution in [0.1, 0.15) is 55.3 Å². The second-order valence-electron chi connectivity index (χ2n) is 6.28. The van der Waals surface area contributed by atoms with Crippen molar-refractivity contribution < 1.29 is 18.4 Å². The lowest BCUT2D eigenvalue weighted by Crippen LogP contribution is -2.38. The fraction of sp³-hybridized carbons (Fsp3) is 0.556. The van der Waals surface area contributed by atoms with Gasteiger partial charge in [0.05, 0.1) is 5.56 Å². The van der Waals surface area contributed by atoms with Crippen LogP contribution in [-0.4, -0.2) is 36.3 Å². The van der Waals surface area contributed by atoms with E-state index in [1.807, 2.05) is 0 Å². The average molecular weight is 338 g/mol. The summed E-state index contributed by atoms with van der Waals surface area (Å²) in [6, 6.07) is 3.06. The Morgan fingerprint density at radius 2 is 1.83 bits per heavy atom. The average Bonchev–Trinajstić information content (AvgIpc) is 2.83. The highest BCUT2D eigenvalue weighted by Crippen LogP contribution is 2.21. The highest BCUT2D eigenvalue weighted by molar-refractivity contribution is 5.94. The van der Waals surface area contributed by atoms with Crippen molar-refractivity contribution in [1.82, 2.24) is 10.2 Å². The van der Waals surface area contributed by atoms with Crippen LogP contribution >= 0.6 is 0 Å². The van der Waals surface area contributed by atoms with E-state index < -0.39 is 17.5 Å². The van der Waals surface area contributed by atoms with Crippen molar-refractivity contribution in [2.24, 2.45) is 0 Å². The lowest BCUT2D eigenvalue weighted by Gasteiger charge is -2.27. The maximum absolute atomic E-state index is 13.5. The second kappa shape index (κ2) is 8.76. The Bertz CT molecular complexity index is 584. The molecule has 2 amide bonds. The summed E-state index contributed by atoms with van der Waals surface area (Å²) in [5.74, 6) is -2.31. The summed E-state index contributed by atoms with van der Waals surface area (Å²) in [4.78, 5) is 25.9. The molecule has 4 nitrogen and oxygen atoms in total. The molecule has 0 saturated heterocycles. The number of hydrogen-bond acceptors (Lipinski definition) is 2. The molecule has 0 spiro atoms. The molecule has 0 unspecified atom stereocenters. The first-order chi connectivity index (χ1) is 11.5. The van der Waals surface area contributed by atoms with Crippen LogP contribution in [0.25, 0.3) is 0 Å². The molecule has 0 aliphatic heterocycles. The molecule has 24 heavy (non-hydrogen) atoms. The lowest BCUT2D eigenvalue weighted by atomic mass is 10.1. The Morgan fingerprint density at radius 3 is 2.46 bits per heavy atom. The number of hydrogen-bond donors (Lipinski definition) is 1. The summed E-state index contributed by atoms with van der Waals surface area (Å²) in [6.45, 7) is 0.130. The monoisotopic (exact) mass is 338 g/mol. The quantitative estimate of drug-likeness (QED) is 0.838. The predicted octanol–water partition coefficient (Wildman–Crippen LogP) is 3.27. The van der Waals surface area contributed by atoms with Crippen molar-refractivity contribution in [2.45, 2.75) is 51.0 Å². The number of amides is 2. The van der Waals surface area contributed by atoms with E-state index in [1.54, 1.807) is 11.9 Å². The Labute approximate surface area is 141 Å². The van der Waals surface area contributed by atoms with Gasteiger partial charge < -0.3 is 10.2 Å². The van der Waals surface area contributed by atoms with Gasteiger partial charge in [-0.3, -0.25) is 9.59 Å². The number of carbonyl (C=O) groups excluding carboxylic acids is 2. The molecular weight excluding hydrogens is 314 g/mol. The van der Waals surface area contributed by atoms with E-state index in [-0.39, 0.29) is 30.5 Å². The minimum absolute atomic E-state index is 0.0261. The van der Waals surface area contributed by atoms with Gasteiger partial charge in [0, 0.05) is 32.1 Å². The van der Waals surface area contributed by atoms with Crippen LogP contribution in [-0.2, 0) is 4.79 Å². The van der Waals surface area contributed by atoms with E-state index >= 15 is 0 Å². The number of nitrogens with zero attached hydrogens (tertiary/aromatic N) is 1. The van der Waals surface area contributed by atoms with Crippen LogP contribution in [0.3, 0.4) is 0 Å². The highest BCUT2D eigenvalue weighted by Gasteiger charge is 2.21. The molecule has 0 aromatic heterocycles. The molecule has 6 heteroatoms. The normalized spacial score (nSPS) is 15.6. The molecule has 1 N–H and O–H groups in total. The zero-order valence-corrected chi connectivity index (χ0v) is 14.0. The van der Waals surface area contributed by atoms with Crippen LogP contribution in [0.4, 0.5) is 8.78 Å². The SMILES string of the molecule is CN(C(=O)CCNC(=O)c1ccc(F)cc1F)C1CCCCCC1. The van der Waals surface area contributed by atoms with Gasteiger partial charge in [-0.2, -0.15) is 0 Å². The van der Waals surface area contributed by atoms with Gasteiger partial charge >= 0.3 is 0 Å². The van der Waals surface area contributed by atoms with Gasteiger partial charge in [-0.25, -0.2) is 8.78 Å². The number of rotatable bonds is 5. The molecule has 1 fully saturated rings. The third-order valence-corrected chi connectivity index (χ3v) is 4.57. The largest absolute Gasteiger partial charge is 0.351 e. The maximum atomic E-state index is 13.5. The van der Waals surface area contributed by atoms with Crippen molar-refractivity contribution in [3.8, 4) is 0 Å². The number of carbonyl (C=O) groups is 2. The van der Waals surface area contributed by atoms with Crippen molar-refractivity contribution in [3.63, 3.8) is 0 Å². The van der Waals surface area contributed by atoms with E-state index in [2.05, 4.69) is 5.32 Å². The number of benzene rings is 1. The lowest BCUT2D eigenvalue weighted by molar-refractivity contribution is -0.132. The molecule has 0 atom stereocenters. The fourth-order valence-electron chi connectivity index (χ4n) is 3.08. The van der Waals surface area contributed by atoms with Gasteiger partial charge in [0.2, 0.25) is 5.91 Å². The first-order valence-electron chi connectivity index (χ1n) is 8.48. The molecule has 1 aromatic carbocycles. The third kappa shape index (κ3) is 5.01. The molecule has 1 saturated carbocycles. The minimum Gasteiger partial charge on any atom is -0.351 e. The molecule has 132 valence electrons. The second-order valence-corrected chi connectivity index (χ2v) is 6.28. The minimum atomic E-state index is -0.908. The Morgan fingerprint density at radius 1 is 1.17 bits per heavy atom. The Hall–Kier alpha value is -1.98. The van der Waals surface area contributed by atoms with Crippen LogP contribution in [0.2, 0.25) is 0 Å². The van der Waals surface area contributed by atoms with E-state index in [9.17, 15) is 18.4 Å². The fourth-order valence-corrected chi connectivity index (χ4v) is 3.08. The zero-order chi connectivity index (χ0) is 17.5. The Balaban J connectivity index is 1.80. The molecule has 0 radical (unpaired) electrons. The molecular formula is C18H24F2N2O2. The van der Waals surface area contributed by atoms with Gasteiger partial charge in [-0.15, -0.1) is 0 Å². The summed E-state index contributed by atoms with van der Waals surface area (Å²) in [7, 11) is 1.81. The summed E-state index contributed by atoms with van der Waals surface area (Å²) in [5, 5.41) is 2.51. The summed E-state index contributed by atoms with van der Waals surface area (Å²) >= 11 is 0. The summed E-state index contributed by atoms with van der Waals surface area (Å²) in [6.07, 6.45) is 6.94. The molecule has 0 bridgehead atoms. The standard InChI is InChI=1S/C18H24F2N2O2/c1-22(14-6-4-2-3-5-7-14)17(23)10-11-21-18(24)15-9-8-13(19)12-16(15)20/h8-9,12,14H,2-7,10-11H2,1H3,(H,21,24). The van der Waals surface area contributed by atoms with Gasteiger partial charge in [0.25, 0.3) is 5.91 Å². The zero-order valence-electron chi connectivity index (χ0n) is 14.0. The van der Waals surface area contributed by atoms with E-state index in [4.69, 9.17) is 0 Å². The van der Waals surface area contributed by atoms with Crippen molar-refractivity contribution in [1.29, 1.82) is 0 Å². The van der Waals surface area contributed by atoms with E-state index in [1.165, 1.54) is 12.8 Å².